The van der Waals surface area contributed by atoms with E-state index in [1.165, 1.54) is 16.7 Å². The molecule has 0 fully saturated rings. The van der Waals surface area contributed by atoms with Crippen molar-refractivity contribution in [3.05, 3.63) is 82.7 Å². The number of pyridine rings is 1. The van der Waals surface area contributed by atoms with Crippen LogP contribution in [0.1, 0.15) is 41.9 Å². The van der Waals surface area contributed by atoms with E-state index in [-0.39, 0.29) is 0 Å². The fraction of sp³-hybridized carbons (Fsp3) is 0.296. The van der Waals surface area contributed by atoms with E-state index in [0.29, 0.717) is 0 Å². The standard InChI is InChI=1S/C27H33N3OSi/c1-18-16-19(2)27(20(3)17-18)29-22(5)26-11-9-10-25(30-26)21(4)28-23-12-14-24(15-13-23)31-32(6,7)8/h9-17H,1-8H3/b28-21+,29-22+. The Morgan fingerprint density at radius 1 is 0.781 bits per heavy atom. The second-order valence-corrected chi connectivity index (χ2v) is 13.7. The molecule has 0 aliphatic carbocycles. The zero-order valence-electron chi connectivity index (χ0n) is 20.4. The number of hydrogen-bond donors (Lipinski definition) is 0. The molecule has 0 spiro atoms. The molecule has 0 aliphatic heterocycles. The van der Waals surface area contributed by atoms with Crippen molar-refractivity contribution in [1.82, 2.24) is 4.98 Å². The van der Waals surface area contributed by atoms with Gasteiger partial charge in [-0.05, 0) is 102 Å². The molecule has 4 nitrogen and oxygen atoms in total. The normalized spacial score (nSPS) is 12.8. The van der Waals surface area contributed by atoms with Crippen LogP contribution >= 0.6 is 0 Å². The van der Waals surface area contributed by atoms with Crippen molar-refractivity contribution in [2.45, 2.75) is 54.3 Å². The first-order valence-corrected chi connectivity index (χ1v) is 14.4. The van der Waals surface area contributed by atoms with Crippen LogP contribution in [0.4, 0.5) is 11.4 Å². The molecule has 0 saturated carbocycles. The summed E-state index contributed by atoms with van der Waals surface area (Å²) in [6.45, 7) is 16.8. The predicted octanol–water partition coefficient (Wildman–Crippen LogP) is 7.50. The van der Waals surface area contributed by atoms with E-state index in [1.54, 1.807) is 0 Å². The van der Waals surface area contributed by atoms with Gasteiger partial charge in [-0.3, -0.25) is 9.98 Å². The molecule has 0 unspecified atom stereocenters. The molecular weight excluding hydrogens is 410 g/mol. The summed E-state index contributed by atoms with van der Waals surface area (Å²) in [4.78, 5) is 14.5. The summed E-state index contributed by atoms with van der Waals surface area (Å²) in [5.41, 5.74) is 8.97. The Balaban J connectivity index is 1.85. The van der Waals surface area contributed by atoms with E-state index >= 15 is 0 Å². The third-order valence-corrected chi connectivity index (χ3v) is 5.81. The van der Waals surface area contributed by atoms with E-state index in [4.69, 9.17) is 19.4 Å². The molecule has 2 aromatic carbocycles. The van der Waals surface area contributed by atoms with Crippen LogP contribution in [0, 0.1) is 20.8 Å². The Hall–Kier alpha value is -3.05. The van der Waals surface area contributed by atoms with E-state index < -0.39 is 8.32 Å². The van der Waals surface area contributed by atoms with Crippen molar-refractivity contribution < 1.29 is 4.43 Å². The summed E-state index contributed by atoms with van der Waals surface area (Å²) < 4.78 is 6.03. The first-order valence-electron chi connectivity index (χ1n) is 11.0. The smallest absolute Gasteiger partial charge is 0.242 e. The Morgan fingerprint density at radius 2 is 1.31 bits per heavy atom. The highest BCUT2D eigenvalue weighted by atomic mass is 28.4. The molecule has 166 valence electrons. The maximum absolute atomic E-state index is 6.03. The van der Waals surface area contributed by atoms with Crippen LogP contribution in [0.5, 0.6) is 5.75 Å². The third kappa shape index (κ3) is 6.23. The van der Waals surface area contributed by atoms with E-state index in [1.807, 2.05) is 56.3 Å². The Morgan fingerprint density at radius 3 is 1.84 bits per heavy atom. The van der Waals surface area contributed by atoms with Gasteiger partial charge in [0.15, 0.2) is 0 Å². The van der Waals surface area contributed by atoms with Gasteiger partial charge in [-0.15, -0.1) is 0 Å². The molecule has 0 atom stereocenters. The third-order valence-electron chi connectivity index (χ3n) is 4.96. The summed E-state index contributed by atoms with van der Waals surface area (Å²) in [5.74, 6) is 0.898. The lowest BCUT2D eigenvalue weighted by Crippen LogP contribution is -2.29. The van der Waals surface area contributed by atoms with Gasteiger partial charge < -0.3 is 4.43 Å². The number of aliphatic imine (C=N–C) groups is 2. The predicted molar refractivity (Wildman–Crippen MR) is 139 cm³/mol. The Labute approximate surface area is 193 Å². The monoisotopic (exact) mass is 443 g/mol. The highest BCUT2D eigenvalue weighted by Crippen LogP contribution is 2.26. The molecule has 0 radical (unpaired) electrons. The zero-order chi connectivity index (χ0) is 23.5. The number of aromatic nitrogens is 1. The van der Waals surface area contributed by atoms with Crippen molar-refractivity contribution in [2.24, 2.45) is 9.98 Å². The molecule has 3 rings (SSSR count). The average molecular weight is 444 g/mol. The van der Waals surface area contributed by atoms with Gasteiger partial charge in [0.2, 0.25) is 8.32 Å². The number of rotatable bonds is 6. The summed E-state index contributed by atoms with van der Waals surface area (Å²) >= 11 is 0. The van der Waals surface area contributed by atoms with Crippen LogP contribution in [-0.4, -0.2) is 24.7 Å². The van der Waals surface area contributed by atoms with E-state index in [9.17, 15) is 0 Å². The summed E-state index contributed by atoms with van der Waals surface area (Å²) in [5, 5.41) is 0. The highest BCUT2D eigenvalue weighted by molar-refractivity contribution is 6.70. The van der Waals surface area contributed by atoms with Crippen LogP contribution in [-0.2, 0) is 0 Å². The molecule has 0 bridgehead atoms. The maximum Gasteiger partial charge on any atom is 0.242 e. The van der Waals surface area contributed by atoms with Gasteiger partial charge in [0, 0.05) is 0 Å². The lowest BCUT2D eigenvalue weighted by atomic mass is 10.1. The molecule has 1 heterocycles. The molecule has 0 saturated heterocycles. The fourth-order valence-corrected chi connectivity index (χ4v) is 4.45. The highest BCUT2D eigenvalue weighted by Gasteiger charge is 2.16. The van der Waals surface area contributed by atoms with Gasteiger partial charge in [0.05, 0.1) is 34.2 Å². The molecule has 0 amide bonds. The maximum atomic E-state index is 6.03. The molecular formula is C27H33N3OSi. The fourth-order valence-electron chi connectivity index (χ4n) is 3.60. The summed E-state index contributed by atoms with van der Waals surface area (Å²) in [7, 11) is -1.61. The Kier molecular flexibility index (Phi) is 7.09. The van der Waals surface area contributed by atoms with Gasteiger partial charge in [0.25, 0.3) is 0 Å². The van der Waals surface area contributed by atoms with Crippen LogP contribution in [0.2, 0.25) is 19.6 Å². The topological polar surface area (TPSA) is 46.8 Å². The molecule has 3 aromatic rings. The lowest BCUT2D eigenvalue weighted by Gasteiger charge is -2.18. The quantitative estimate of drug-likeness (QED) is 0.292. The van der Waals surface area contributed by atoms with Gasteiger partial charge in [0.1, 0.15) is 5.75 Å². The van der Waals surface area contributed by atoms with Crippen molar-refractivity contribution in [2.75, 3.05) is 0 Å². The van der Waals surface area contributed by atoms with Gasteiger partial charge >= 0.3 is 0 Å². The van der Waals surface area contributed by atoms with Crippen LogP contribution in [0.25, 0.3) is 0 Å². The average Bonchev–Trinajstić information content (AvgIpc) is 2.71. The van der Waals surface area contributed by atoms with Crippen LogP contribution < -0.4 is 4.43 Å². The number of hydrogen-bond acceptors (Lipinski definition) is 4. The summed E-state index contributed by atoms with van der Waals surface area (Å²) in [6, 6.07) is 18.3. The van der Waals surface area contributed by atoms with Crippen molar-refractivity contribution in [3.63, 3.8) is 0 Å². The van der Waals surface area contributed by atoms with Crippen molar-refractivity contribution >= 4 is 31.1 Å². The van der Waals surface area contributed by atoms with Gasteiger partial charge in [-0.25, -0.2) is 4.98 Å². The minimum absolute atomic E-state index is 0.844. The number of nitrogens with zero attached hydrogens (tertiary/aromatic N) is 3. The number of aryl methyl sites for hydroxylation is 3. The second kappa shape index (κ2) is 9.61. The van der Waals surface area contributed by atoms with E-state index in [0.717, 1.165) is 39.9 Å². The van der Waals surface area contributed by atoms with Crippen LogP contribution in [0.3, 0.4) is 0 Å². The number of benzene rings is 2. The first-order chi connectivity index (χ1) is 15.0. The molecule has 1 aromatic heterocycles. The van der Waals surface area contributed by atoms with Crippen molar-refractivity contribution in [3.8, 4) is 5.75 Å². The van der Waals surface area contributed by atoms with Crippen LogP contribution in [0.15, 0.2) is 64.6 Å². The van der Waals surface area contributed by atoms with Gasteiger partial charge in [-0.1, -0.05) is 23.8 Å². The Bertz CT molecular complexity index is 1150. The largest absolute Gasteiger partial charge is 0.544 e. The van der Waals surface area contributed by atoms with E-state index in [2.05, 4.69) is 52.5 Å². The molecule has 5 heteroatoms. The van der Waals surface area contributed by atoms with Gasteiger partial charge in [-0.2, -0.15) is 0 Å². The van der Waals surface area contributed by atoms with Crippen molar-refractivity contribution in [1.29, 1.82) is 0 Å². The minimum Gasteiger partial charge on any atom is -0.544 e. The minimum atomic E-state index is -1.61. The molecule has 32 heavy (non-hydrogen) atoms. The second-order valence-electron chi connectivity index (χ2n) is 9.26. The first kappa shape index (κ1) is 23.6. The molecule has 0 N–H and O–H groups in total. The lowest BCUT2D eigenvalue weighted by molar-refractivity contribution is 0.558. The zero-order valence-corrected chi connectivity index (χ0v) is 21.4. The SMILES string of the molecule is C/C(=N\c1ccc(O[Si](C)(C)C)cc1)c1cccc(/C(C)=N/c2c(C)cc(C)cc2C)n1. The molecule has 0 aliphatic rings. The summed E-state index contributed by atoms with van der Waals surface area (Å²) in [6.07, 6.45) is 0.